The van der Waals surface area contributed by atoms with E-state index in [0.717, 1.165) is 22.8 Å². The molecular weight excluding hydrogens is 282 g/mol. The largest absolute Gasteiger partial charge is 0.491 e. The van der Waals surface area contributed by atoms with Gasteiger partial charge in [0.25, 0.3) is 0 Å². The van der Waals surface area contributed by atoms with E-state index in [-0.39, 0.29) is 6.10 Å². The first kappa shape index (κ1) is 15.0. The average molecular weight is 307 g/mol. The number of hydrogen-bond donors (Lipinski definition) is 0. The molecule has 2 aliphatic heterocycles. The zero-order chi connectivity index (χ0) is 15.0. The minimum Gasteiger partial charge on any atom is -0.491 e. The zero-order valence-corrected chi connectivity index (χ0v) is 14.0. The molecule has 0 aromatic heterocycles. The minimum absolute atomic E-state index is 0.175. The van der Waals surface area contributed by atoms with Crippen molar-refractivity contribution in [2.75, 3.05) is 19.3 Å². The first-order valence-electron chi connectivity index (χ1n) is 7.94. The fourth-order valence-corrected chi connectivity index (χ4v) is 5.13. The van der Waals surface area contributed by atoms with E-state index in [1.54, 1.807) is 0 Å². The lowest BCUT2D eigenvalue weighted by Crippen LogP contribution is -2.27. The lowest BCUT2D eigenvalue weighted by Gasteiger charge is -2.23. The van der Waals surface area contributed by atoms with Crippen molar-refractivity contribution in [3.8, 4) is 5.75 Å². The lowest BCUT2D eigenvalue weighted by molar-refractivity contribution is 0.241. The maximum absolute atomic E-state index is 12.3. The fourth-order valence-electron chi connectivity index (χ4n) is 3.56. The highest BCUT2D eigenvalue weighted by Crippen LogP contribution is 2.39. The normalized spacial score (nSPS) is 29.0. The number of ether oxygens (including phenoxy) is 1. The Morgan fingerprint density at radius 2 is 2.24 bits per heavy atom. The van der Waals surface area contributed by atoms with Crippen LogP contribution in [0.4, 0.5) is 0 Å². The summed E-state index contributed by atoms with van der Waals surface area (Å²) in [4.78, 5) is 3.48. The van der Waals surface area contributed by atoms with Crippen LogP contribution in [0.3, 0.4) is 0 Å². The maximum atomic E-state index is 12.3. The Kier molecular flexibility index (Phi) is 4.36. The van der Waals surface area contributed by atoms with Crippen molar-refractivity contribution in [2.24, 2.45) is 0 Å². The molecule has 3 nitrogen and oxygen atoms in total. The summed E-state index contributed by atoms with van der Waals surface area (Å²) >= 11 is 0. The molecule has 1 aromatic carbocycles. The molecule has 0 N–H and O–H groups in total. The second-order valence-electron chi connectivity index (χ2n) is 6.59. The highest BCUT2D eigenvalue weighted by atomic mass is 32.2. The second kappa shape index (κ2) is 6.09. The van der Waals surface area contributed by atoms with Crippen LogP contribution in [-0.4, -0.2) is 40.6 Å². The molecule has 2 aliphatic rings. The van der Waals surface area contributed by atoms with Crippen molar-refractivity contribution in [1.29, 1.82) is 0 Å². The van der Waals surface area contributed by atoms with Crippen LogP contribution in [0.2, 0.25) is 0 Å². The summed E-state index contributed by atoms with van der Waals surface area (Å²) in [6.45, 7) is 5.27. The monoisotopic (exact) mass is 307 g/mol. The molecule has 116 valence electrons. The van der Waals surface area contributed by atoms with Gasteiger partial charge in [-0.1, -0.05) is 0 Å². The molecule has 0 spiro atoms. The Labute approximate surface area is 130 Å². The highest BCUT2D eigenvalue weighted by molar-refractivity contribution is 7.85. The summed E-state index contributed by atoms with van der Waals surface area (Å²) < 4.78 is 18.1. The number of benzene rings is 1. The summed E-state index contributed by atoms with van der Waals surface area (Å²) in [5.74, 6) is 2.11. The highest BCUT2D eigenvalue weighted by Gasteiger charge is 2.33. The molecule has 1 fully saturated rings. The fraction of sp³-hybridized carbons (Fsp3) is 0.647. The standard InChI is InChI=1S/C17H25NO2S/c1-12(2)20-15-6-7-17-16(10-15)13(11-21(17)19)9-14-5-4-8-18(14)3/h6-7,10,12-14H,4-5,8-9,11H2,1-3H3/t13?,14-,21?/m1/s1. The lowest BCUT2D eigenvalue weighted by atomic mass is 9.93. The molecule has 0 radical (unpaired) electrons. The third-order valence-corrected chi connectivity index (χ3v) is 6.19. The van der Waals surface area contributed by atoms with Crippen LogP contribution in [0.15, 0.2) is 23.1 Å². The minimum atomic E-state index is -0.834. The Morgan fingerprint density at radius 3 is 2.90 bits per heavy atom. The summed E-state index contributed by atoms with van der Waals surface area (Å²) in [6.07, 6.45) is 3.87. The molecule has 3 rings (SSSR count). The van der Waals surface area contributed by atoms with Gasteiger partial charge in [0.2, 0.25) is 0 Å². The maximum Gasteiger partial charge on any atom is 0.120 e. The van der Waals surface area contributed by atoms with Gasteiger partial charge in [-0.25, -0.2) is 0 Å². The smallest absolute Gasteiger partial charge is 0.120 e. The third-order valence-electron chi connectivity index (χ3n) is 4.62. The SMILES string of the molecule is CC(C)Oc1ccc2c(c1)C(C[C@H]1CCCN1C)CS2=O. The number of hydrogen-bond acceptors (Lipinski definition) is 3. The van der Waals surface area contributed by atoms with Gasteiger partial charge in [-0.3, -0.25) is 4.21 Å². The molecule has 1 aromatic rings. The van der Waals surface area contributed by atoms with E-state index in [1.807, 2.05) is 26.0 Å². The van der Waals surface area contributed by atoms with Crippen LogP contribution < -0.4 is 4.74 Å². The van der Waals surface area contributed by atoms with Crippen molar-refractivity contribution in [1.82, 2.24) is 4.90 Å². The Bertz CT molecular complexity index is 544. The van der Waals surface area contributed by atoms with Crippen LogP contribution in [0, 0.1) is 0 Å². The molecule has 1 saturated heterocycles. The van der Waals surface area contributed by atoms with Gasteiger partial charge in [0.15, 0.2) is 0 Å². The molecule has 3 atom stereocenters. The van der Waals surface area contributed by atoms with Crippen molar-refractivity contribution in [3.05, 3.63) is 23.8 Å². The Morgan fingerprint density at radius 1 is 1.43 bits per heavy atom. The second-order valence-corrected chi connectivity index (χ2v) is 8.05. The topological polar surface area (TPSA) is 29.5 Å². The van der Waals surface area contributed by atoms with E-state index < -0.39 is 10.8 Å². The Balaban J connectivity index is 1.81. The molecule has 0 aliphatic carbocycles. The van der Waals surface area contributed by atoms with E-state index in [0.29, 0.717) is 12.0 Å². The van der Waals surface area contributed by atoms with E-state index >= 15 is 0 Å². The third kappa shape index (κ3) is 3.16. The summed E-state index contributed by atoms with van der Waals surface area (Å²) in [5, 5.41) is 0. The summed E-state index contributed by atoms with van der Waals surface area (Å²) in [5.41, 5.74) is 1.26. The van der Waals surface area contributed by atoms with Crippen LogP contribution in [0.25, 0.3) is 0 Å². The first-order valence-corrected chi connectivity index (χ1v) is 9.25. The number of nitrogens with zero attached hydrogens (tertiary/aromatic N) is 1. The van der Waals surface area contributed by atoms with E-state index in [2.05, 4.69) is 18.0 Å². The van der Waals surface area contributed by atoms with Crippen LogP contribution in [-0.2, 0) is 10.8 Å². The first-order chi connectivity index (χ1) is 10.0. The predicted molar refractivity (Wildman–Crippen MR) is 86.5 cm³/mol. The Hall–Kier alpha value is -0.870. The van der Waals surface area contributed by atoms with Crippen LogP contribution in [0.1, 0.15) is 44.6 Å². The van der Waals surface area contributed by atoms with Crippen LogP contribution in [0.5, 0.6) is 5.75 Å². The number of likely N-dealkylation sites (tertiary alicyclic amines) is 1. The number of rotatable bonds is 4. The van der Waals surface area contributed by atoms with E-state index in [4.69, 9.17) is 4.74 Å². The van der Waals surface area contributed by atoms with E-state index in [9.17, 15) is 4.21 Å². The van der Waals surface area contributed by atoms with Crippen molar-refractivity contribution >= 4 is 10.8 Å². The summed E-state index contributed by atoms with van der Waals surface area (Å²) in [6, 6.07) is 6.73. The van der Waals surface area contributed by atoms with Gasteiger partial charge in [-0.15, -0.1) is 0 Å². The number of fused-ring (bicyclic) bond motifs is 1. The van der Waals surface area contributed by atoms with Crippen molar-refractivity contribution in [3.63, 3.8) is 0 Å². The summed E-state index contributed by atoms with van der Waals surface area (Å²) in [7, 11) is 1.38. The van der Waals surface area contributed by atoms with Gasteiger partial charge in [0, 0.05) is 16.7 Å². The average Bonchev–Trinajstić information content (AvgIpc) is 2.95. The molecule has 0 amide bonds. The van der Waals surface area contributed by atoms with E-state index in [1.165, 1.54) is 24.9 Å². The van der Waals surface area contributed by atoms with Crippen molar-refractivity contribution < 1.29 is 8.95 Å². The molecule has 21 heavy (non-hydrogen) atoms. The molecule has 0 saturated carbocycles. The van der Waals surface area contributed by atoms with Gasteiger partial charge in [-0.05, 0) is 76.4 Å². The molecule has 0 bridgehead atoms. The molecule has 2 heterocycles. The van der Waals surface area contributed by atoms with Crippen molar-refractivity contribution in [2.45, 2.75) is 56.1 Å². The molecule has 2 unspecified atom stereocenters. The molecule has 4 heteroatoms. The van der Waals surface area contributed by atoms with Crippen LogP contribution >= 0.6 is 0 Å². The molecular formula is C17H25NO2S. The quantitative estimate of drug-likeness (QED) is 0.856. The van der Waals surface area contributed by atoms with Gasteiger partial charge >= 0.3 is 0 Å². The van der Waals surface area contributed by atoms with Gasteiger partial charge in [0.1, 0.15) is 5.75 Å². The van der Waals surface area contributed by atoms with Gasteiger partial charge in [-0.2, -0.15) is 0 Å². The van der Waals surface area contributed by atoms with Gasteiger partial charge in [0.05, 0.1) is 16.9 Å². The van der Waals surface area contributed by atoms with Gasteiger partial charge < -0.3 is 9.64 Å². The zero-order valence-electron chi connectivity index (χ0n) is 13.2. The predicted octanol–water partition coefficient (Wildman–Crippen LogP) is 3.16.